The Morgan fingerprint density at radius 3 is 2.93 bits per heavy atom. The molecular weight excluding hydrogens is 396 g/mol. The molecule has 2 aromatic rings. The van der Waals surface area contributed by atoms with Gasteiger partial charge in [0.25, 0.3) is 0 Å². The van der Waals surface area contributed by atoms with Gasteiger partial charge in [0.05, 0.1) is 24.3 Å². The molecule has 1 aliphatic rings. The zero-order chi connectivity index (χ0) is 20.6. The first-order valence-electron chi connectivity index (χ1n) is 8.83. The van der Waals surface area contributed by atoms with E-state index in [1.54, 1.807) is 30.3 Å². The van der Waals surface area contributed by atoms with Crippen LogP contribution in [-0.2, 0) is 11.2 Å². The lowest BCUT2D eigenvalue weighted by molar-refractivity contribution is -0.120. The third-order valence-electron chi connectivity index (χ3n) is 3.84. The summed E-state index contributed by atoms with van der Waals surface area (Å²) in [5.74, 6) is 4.23. The zero-order valence-electron chi connectivity index (χ0n) is 15.7. The summed E-state index contributed by atoms with van der Waals surface area (Å²) in [4.78, 5) is 12.1. The van der Waals surface area contributed by atoms with Gasteiger partial charge >= 0.3 is 0 Å². The maximum Gasteiger partial charge on any atom is 0.244 e. The molecule has 3 rings (SSSR count). The van der Waals surface area contributed by atoms with Gasteiger partial charge in [-0.05, 0) is 42.3 Å². The van der Waals surface area contributed by atoms with Gasteiger partial charge in [0.1, 0.15) is 6.61 Å². The van der Waals surface area contributed by atoms with E-state index in [9.17, 15) is 4.79 Å². The number of fused-ring (bicyclic) bond motifs is 1. The molecule has 0 aromatic heterocycles. The fraction of sp³-hybridized carbons (Fsp3) is 0.238. The monoisotopic (exact) mass is 414 g/mol. The zero-order valence-corrected chi connectivity index (χ0v) is 16.5. The molecule has 1 N–H and O–H groups in total. The van der Waals surface area contributed by atoms with Crippen molar-refractivity contribution >= 4 is 23.7 Å². The number of nitrogens with one attached hydrogen (secondary N) is 1. The van der Waals surface area contributed by atoms with Crippen LogP contribution in [0, 0.1) is 12.3 Å². The van der Waals surface area contributed by atoms with Crippen molar-refractivity contribution in [1.29, 1.82) is 0 Å². The van der Waals surface area contributed by atoms with Crippen molar-refractivity contribution in [3.8, 4) is 35.3 Å². The molecule has 8 heteroatoms. The highest BCUT2D eigenvalue weighted by molar-refractivity contribution is 6.32. The number of nitrogens with zero attached hydrogens (tertiary/aromatic N) is 1. The van der Waals surface area contributed by atoms with E-state index in [1.807, 2.05) is 6.92 Å². The minimum absolute atomic E-state index is 0.0726. The van der Waals surface area contributed by atoms with Crippen molar-refractivity contribution in [3.63, 3.8) is 0 Å². The number of hydrogen-bond acceptors (Lipinski definition) is 6. The molecule has 0 saturated heterocycles. The van der Waals surface area contributed by atoms with E-state index >= 15 is 0 Å². The van der Waals surface area contributed by atoms with Crippen LogP contribution in [0.5, 0.6) is 23.0 Å². The Labute approximate surface area is 173 Å². The predicted octanol–water partition coefficient (Wildman–Crippen LogP) is 3.17. The van der Waals surface area contributed by atoms with E-state index in [1.165, 1.54) is 6.21 Å². The van der Waals surface area contributed by atoms with Crippen molar-refractivity contribution in [2.24, 2.45) is 5.10 Å². The fourth-order valence-electron chi connectivity index (χ4n) is 2.63. The van der Waals surface area contributed by atoms with E-state index in [2.05, 4.69) is 16.4 Å². The summed E-state index contributed by atoms with van der Waals surface area (Å²) in [5, 5.41) is 4.31. The van der Waals surface area contributed by atoms with E-state index < -0.39 is 0 Å². The van der Waals surface area contributed by atoms with Crippen LogP contribution in [0.3, 0.4) is 0 Å². The average Bonchev–Trinajstić information content (AvgIpc) is 3.15. The SMILES string of the molecule is C#CCOc1c(Cl)cc(/C=N\NC(=O)Cc2ccc3c(c2)OCO3)cc1OCC. The number of terminal acetylenes is 1. The third-order valence-corrected chi connectivity index (χ3v) is 4.12. The molecule has 0 radical (unpaired) electrons. The van der Waals surface area contributed by atoms with Gasteiger partial charge < -0.3 is 18.9 Å². The molecule has 2 aromatic carbocycles. The maximum atomic E-state index is 12.1. The lowest BCUT2D eigenvalue weighted by Crippen LogP contribution is -2.19. The van der Waals surface area contributed by atoms with E-state index in [0.717, 1.165) is 5.56 Å². The molecule has 0 spiro atoms. The number of hydrogen-bond donors (Lipinski definition) is 1. The largest absolute Gasteiger partial charge is 0.490 e. The van der Waals surface area contributed by atoms with Gasteiger partial charge in [0, 0.05) is 0 Å². The van der Waals surface area contributed by atoms with Crippen LogP contribution >= 0.6 is 11.6 Å². The molecule has 29 heavy (non-hydrogen) atoms. The average molecular weight is 415 g/mol. The van der Waals surface area contributed by atoms with Gasteiger partial charge in [-0.1, -0.05) is 23.6 Å². The van der Waals surface area contributed by atoms with Gasteiger partial charge in [0.2, 0.25) is 12.7 Å². The van der Waals surface area contributed by atoms with Crippen molar-refractivity contribution in [2.75, 3.05) is 20.0 Å². The second-order valence-electron chi connectivity index (χ2n) is 5.91. The summed E-state index contributed by atoms with van der Waals surface area (Å²) in [6.45, 7) is 2.53. The number of halogens is 1. The van der Waals surface area contributed by atoms with Crippen LogP contribution in [-0.4, -0.2) is 32.1 Å². The lowest BCUT2D eigenvalue weighted by Gasteiger charge is -2.12. The Morgan fingerprint density at radius 1 is 1.31 bits per heavy atom. The third kappa shape index (κ3) is 5.33. The summed E-state index contributed by atoms with van der Waals surface area (Å²) < 4.78 is 21.5. The maximum absolute atomic E-state index is 12.1. The van der Waals surface area contributed by atoms with E-state index in [-0.39, 0.29) is 25.7 Å². The predicted molar refractivity (Wildman–Crippen MR) is 109 cm³/mol. The van der Waals surface area contributed by atoms with Crippen LogP contribution in [0.1, 0.15) is 18.1 Å². The van der Waals surface area contributed by atoms with Crippen LogP contribution in [0.2, 0.25) is 5.02 Å². The summed E-state index contributed by atoms with van der Waals surface area (Å²) in [7, 11) is 0. The summed E-state index contributed by atoms with van der Waals surface area (Å²) in [5.41, 5.74) is 3.91. The number of benzene rings is 2. The molecule has 0 atom stereocenters. The first-order valence-corrected chi connectivity index (χ1v) is 9.21. The van der Waals surface area contributed by atoms with Gasteiger partial charge in [0.15, 0.2) is 23.0 Å². The standard InChI is InChI=1S/C21H19ClN2O5/c1-3-7-27-21-16(22)8-15(10-19(21)26-4-2)12-23-24-20(25)11-14-5-6-17-18(9-14)29-13-28-17/h1,5-6,8-10,12H,4,7,11,13H2,2H3,(H,24,25)/b23-12-. The first kappa shape index (κ1) is 20.4. The quantitative estimate of drug-likeness (QED) is 0.408. The van der Waals surface area contributed by atoms with E-state index in [4.69, 9.17) is 37.0 Å². The van der Waals surface area contributed by atoms with Crippen molar-refractivity contribution in [3.05, 3.63) is 46.5 Å². The molecule has 1 heterocycles. The summed E-state index contributed by atoms with van der Waals surface area (Å²) in [6, 6.07) is 8.70. The Hall–Kier alpha value is -3.37. The number of carbonyl (C=O) groups is 1. The second kappa shape index (κ2) is 9.71. The molecule has 0 saturated carbocycles. The molecule has 150 valence electrons. The van der Waals surface area contributed by atoms with Gasteiger partial charge in [-0.15, -0.1) is 6.42 Å². The van der Waals surface area contributed by atoms with Crippen molar-refractivity contribution in [2.45, 2.75) is 13.3 Å². The second-order valence-corrected chi connectivity index (χ2v) is 6.32. The Kier molecular flexibility index (Phi) is 6.82. The molecule has 0 fully saturated rings. The van der Waals surface area contributed by atoms with Crippen LogP contribution in [0.15, 0.2) is 35.4 Å². The van der Waals surface area contributed by atoms with Crippen molar-refractivity contribution in [1.82, 2.24) is 5.43 Å². The topological polar surface area (TPSA) is 78.4 Å². The highest BCUT2D eigenvalue weighted by Gasteiger charge is 2.14. The van der Waals surface area contributed by atoms with Crippen molar-refractivity contribution < 1.29 is 23.7 Å². The Bertz CT molecular complexity index is 968. The Morgan fingerprint density at radius 2 is 2.14 bits per heavy atom. The van der Waals surface area contributed by atoms with Gasteiger partial charge in [-0.2, -0.15) is 5.10 Å². The van der Waals surface area contributed by atoms with Gasteiger partial charge in [-0.25, -0.2) is 5.43 Å². The molecule has 0 unspecified atom stereocenters. The summed E-state index contributed by atoms with van der Waals surface area (Å²) in [6.07, 6.45) is 6.84. The molecule has 1 amide bonds. The van der Waals surface area contributed by atoms with Crippen LogP contribution in [0.25, 0.3) is 0 Å². The van der Waals surface area contributed by atoms with Crippen LogP contribution in [0.4, 0.5) is 0 Å². The number of carbonyl (C=O) groups excluding carboxylic acids is 1. The summed E-state index contributed by atoms with van der Waals surface area (Å²) >= 11 is 6.26. The fourth-order valence-corrected chi connectivity index (χ4v) is 2.91. The molecule has 7 nitrogen and oxygen atoms in total. The number of amides is 1. The molecule has 0 aliphatic carbocycles. The number of hydrazone groups is 1. The van der Waals surface area contributed by atoms with Gasteiger partial charge in [-0.3, -0.25) is 4.79 Å². The van der Waals surface area contributed by atoms with Crippen LogP contribution < -0.4 is 24.4 Å². The normalized spacial score (nSPS) is 11.9. The smallest absolute Gasteiger partial charge is 0.244 e. The molecule has 1 aliphatic heterocycles. The minimum atomic E-state index is -0.273. The first-order chi connectivity index (χ1) is 14.1. The Balaban J connectivity index is 1.63. The number of ether oxygens (including phenoxy) is 4. The lowest BCUT2D eigenvalue weighted by atomic mass is 10.1. The molecular formula is C21H19ClN2O5. The van der Waals surface area contributed by atoms with E-state index in [0.29, 0.717) is 40.2 Å². The molecule has 0 bridgehead atoms. The number of rotatable bonds is 8. The highest BCUT2D eigenvalue weighted by atomic mass is 35.5. The minimum Gasteiger partial charge on any atom is -0.490 e. The highest BCUT2D eigenvalue weighted by Crippen LogP contribution is 2.36.